The number of benzene rings is 1. The number of hydrogen-bond donors (Lipinski definition) is 1. The molecule has 1 amide bonds. The number of pyridine rings is 1. The molecule has 7 heteroatoms. The van der Waals surface area contributed by atoms with Gasteiger partial charge < -0.3 is 19.6 Å². The number of likely N-dealkylation sites (N-methyl/N-ethyl adjacent to an activating group) is 1. The molecule has 1 fully saturated rings. The zero-order valence-electron chi connectivity index (χ0n) is 17.5. The number of carbonyl (C=O) groups is 2. The molecule has 1 saturated heterocycles. The maximum absolute atomic E-state index is 13.0. The normalized spacial score (nSPS) is 18.3. The summed E-state index contributed by atoms with van der Waals surface area (Å²) in [6.45, 7) is 6.84. The molecule has 1 unspecified atom stereocenters. The first kappa shape index (κ1) is 21.5. The zero-order chi connectivity index (χ0) is 21.7. The van der Waals surface area contributed by atoms with E-state index in [1.54, 1.807) is 53.7 Å². The molecular formula is C23H27N3O4. The first-order valence-electron chi connectivity index (χ1n) is 10.1. The maximum Gasteiger partial charge on any atom is 0.295 e. The van der Waals surface area contributed by atoms with E-state index >= 15 is 0 Å². The van der Waals surface area contributed by atoms with Gasteiger partial charge in [0.25, 0.3) is 11.7 Å². The minimum atomic E-state index is -0.684. The largest absolute Gasteiger partial charge is 0.507 e. The van der Waals surface area contributed by atoms with Crippen molar-refractivity contribution >= 4 is 17.4 Å². The number of rotatable bonds is 8. The summed E-state index contributed by atoms with van der Waals surface area (Å²) < 4.78 is 5.23. The van der Waals surface area contributed by atoms with Crippen LogP contribution in [0.2, 0.25) is 0 Å². The van der Waals surface area contributed by atoms with E-state index in [2.05, 4.69) is 23.7 Å². The van der Waals surface area contributed by atoms with E-state index in [-0.39, 0.29) is 11.3 Å². The highest BCUT2D eigenvalue weighted by atomic mass is 16.5. The molecule has 1 aliphatic heterocycles. The Kier molecular flexibility index (Phi) is 6.84. The summed E-state index contributed by atoms with van der Waals surface area (Å²) in [5.74, 6) is -0.945. The van der Waals surface area contributed by atoms with Crippen molar-refractivity contribution < 1.29 is 19.4 Å². The van der Waals surface area contributed by atoms with Gasteiger partial charge in [0.2, 0.25) is 0 Å². The Morgan fingerprint density at radius 2 is 1.87 bits per heavy atom. The second-order valence-corrected chi connectivity index (χ2v) is 7.03. The van der Waals surface area contributed by atoms with Crippen LogP contribution >= 0.6 is 0 Å². The second-order valence-electron chi connectivity index (χ2n) is 7.03. The highest BCUT2D eigenvalue weighted by Crippen LogP contribution is 2.39. The van der Waals surface area contributed by atoms with Gasteiger partial charge in [0.05, 0.1) is 18.7 Å². The molecule has 0 aliphatic carbocycles. The molecule has 158 valence electrons. The zero-order valence-corrected chi connectivity index (χ0v) is 17.5. The second kappa shape index (κ2) is 9.54. The molecule has 1 N–H and O–H groups in total. The van der Waals surface area contributed by atoms with Gasteiger partial charge in [-0.2, -0.15) is 0 Å². The number of aliphatic hydroxyl groups is 1. The predicted molar refractivity (Wildman–Crippen MR) is 114 cm³/mol. The van der Waals surface area contributed by atoms with E-state index in [9.17, 15) is 14.7 Å². The number of likely N-dealkylation sites (tertiary alicyclic amines) is 1. The van der Waals surface area contributed by atoms with Crippen LogP contribution in [-0.2, 0) is 9.59 Å². The molecule has 0 saturated carbocycles. The summed E-state index contributed by atoms with van der Waals surface area (Å²) in [6, 6.07) is 9.66. The van der Waals surface area contributed by atoms with Gasteiger partial charge in [-0.25, -0.2) is 0 Å². The Morgan fingerprint density at radius 1 is 1.17 bits per heavy atom. The maximum atomic E-state index is 13.0. The third-order valence-corrected chi connectivity index (χ3v) is 5.46. The summed E-state index contributed by atoms with van der Waals surface area (Å²) in [6.07, 6.45) is 3.23. The van der Waals surface area contributed by atoms with E-state index in [0.29, 0.717) is 24.4 Å². The van der Waals surface area contributed by atoms with Crippen molar-refractivity contribution in [2.24, 2.45) is 0 Å². The monoisotopic (exact) mass is 409 g/mol. The summed E-state index contributed by atoms with van der Waals surface area (Å²) in [5, 5.41) is 11.0. The smallest absolute Gasteiger partial charge is 0.295 e. The molecule has 1 aromatic carbocycles. The van der Waals surface area contributed by atoms with Gasteiger partial charge >= 0.3 is 0 Å². The standard InChI is InChI=1S/C23H27N3O4/c1-4-25(5-2)13-14-26-20(16-9-11-24-12-10-16)19(22(28)23(26)29)21(27)17-7-6-8-18(15-17)30-3/h6-12,15,20,27H,4-5,13-14H2,1-3H3. The van der Waals surface area contributed by atoms with Crippen LogP contribution in [0.5, 0.6) is 5.75 Å². The first-order chi connectivity index (χ1) is 14.5. The molecule has 0 radical (unpaired) electrons. The van der Waals surface area contributed by atoms with Crippen molar-refractivity contribution in [2.45, 2.75) is 19.9 Å². The molecule has 1 atom stereocenters. The molecular weight excluding hydrogens is 382 g/mol. The van der Waals surface area contributed by atoms with Crippen molar-refractivity contribution in [3.05, 3.63) is 65.5 Å². The van der Waals surface area contributed by atoms with Gasteiger partial charge in [0.1, 0.15) is 11.5 Å². The fourth-order valence-corrected chi connectivity index (χ4v) is 3.72. The van der Waals surface area contributed by atoms with Crippen molar-refractivity contribution in [3.8, 4) is 5.75 Å². The van der Waals surface area contributed by atoms with Gasteiger partial charge in [-0.3, -0.25) is 14.6 Å². The molecule has 30 heavy (non-hydrogen) atoms. The average Bonchev–Trinajstić information content (AvgIpc) is 3.04. The Balaban J connectivity index is 2.08. The molecule has 7 nitrogen and oxygen atoms in total. The lowest BCUT2D eigenvalue weighted by molar-refractivity contribution is -0.140. The first-order valence-corrected chi connectivity index (χ1v) is 10.1. The Bertz CT molecular complexity index is 938. The fraction of sp³-hybridized carbons (Fsp3) is 0.348. The SMILES string of the molecule is CCN(CC)CCN1C(=O)C(=O)C(=C(O)c2cccc(OC)c2)C1c1ccncc1. The van der Waals surface area contributed by atoms with Crippen LogP contribution in [0, 0.1) is 0 Å². The highest BCUT2D eigenvalue weighted by molar-refractivity contribution is 6.46. The number of carbonyl (C=O) groups excluding carboxylic acids is 2. The molecule has 1 aliphatic rings. The number of aromatic nitrogens is 1. The van der Waals surface area contributed by atoms with E-state index in [1.807, 2.05) is 0 Å². The number of Topliss-reactive ketones (excluding diaryl/α,β-unsaturated/α-hetero) is 1. The highest BCUT2D eigenvalue weighted by Gasteiger charge is 2.45. The van der Waals surface area contributed by atoms with Crippen LogP contribution in [0.4, 0.5) is 0 Å². The predicted octanol–water partition coefficient (Wildman–Crippen LogP) is 2.85. The molecule has 3 rings (SSSR count). The van der Waals surface area contributed by atoms with Gasteiger partial charge in [0.15, 0.2) is 0 Å². The quantitative estimate of drug-likeness (QED) is 0.410. The average molecular weight is 409 g/mol. The van der Waals surface area contributed by atoms with E-state index in [1.165, 1.54) is 7.11 Å². The van der Waals surface area contributed by atoms with Crippen LogP contribution in [0.15, 0.2) is 54.4 Å². The Labute approximate surface area is 176 Å². The molecule has 2 heterocycles. The topological polar surface area (TPSA) is 83.0 Å². The van der Waals surface area contributed by atoms with Gasteiger partial charge in [0, 0.05) is 31.0 Å². The van der Waals surface area contributed by atoms with Gasteiger partial charge in [-0.15, -0.1) is 0 Å². The summed E-state index contributed by atoms with van der Waals surface area (Å²) in [7, 11) is 1.53. The number of aliphatic hydroxyl groups excluding tert-OH is 1. The number of ketones is 1. The number of methoxy groups -OCH3 is 1. The van der Waals surface area contributed by atoms with Crippen LogP contribution in [0.1, 0.15) is 31.0 Å². The van der Waals surface area contributed by atoms with Crippen LogP contribution in [-0.4, -0.2) is 64.9 Å². The lowest BCUT2D eigenvalue weighted by atomic mass is 9.96. The van der Waals surface area contributed by atoms with Crippen LogP contribution in [0.3, 0.4) is 0 Å². The Morgan fingerprint density at radius 3 is 2.50 bits per heavy atom. The minimum absolute atomic E-state index is 0.0824. The van der Waals surface area contributed by atoms with Crippen LogP contribution in [0.25, 0.3) is 5.76 Å². The van der Waals surface area contributed by atoms with Crippen molar-refractivity contribution in [2.75, 3.05) is 33.3 Å². The fourth-order valence-electron chi connectivity index (χ4n) is 3.72. The molecule has 0 spiro atoms. The number of nitrogens with zero attached hydrogens (tertiary/aromatic N) is 3. The lowest BCUT2D eigenvalue weighted by Crippen LogP contribution is -2.38. The van der Waals surface area contributed by atoms with E-state index < -0.39 is 17.7 Å². The number of hydrogen-bond acceptors (Lipinski definition) is 6. The van der Waals surface area contributed by atoms with Gasteiger partial charge in [-0.05, 0) is 42.9 Å². The molecule has 2 aromatic rings. The Hall–Kier alpha value is -3.19. The van der Waals surface area contributed by atoms with E-state index in [0.717, 1.165) is 18.7 Å². The van der Waals surface area contributed by atoms with Gasteiger partial charge in [-0.1, -0.05) is 26.0 Å². The molecule has 1 aromatic heterocycles. The van der Waals surface area contributed by atoms with Crippen molar-refractivity contribution in [1.82, 2.24) is 14.8 Å². The van der Waals surface area contributed by atoms with Crippen LogP contribution < -0.4 is 4.74 Å². The van der Waals surface area contributed by atoms with E-state index in [4.69, 9.17) is 4.74 Å². The molecule has 0 bridgehead atoms. The summed E-state index contributed by atoms with van der Waals surface area (Å²) >= 11 is 0. The summed E-state index contributed by atoms with van der Waals surface area (Å²) in [5.41, 5.74) is 1.24. The third-order valence-electron chi connectivity index (χ3n) is 5.46. The van der Waals surface area contributed by atoms with Crippen molar-refractivity contribution in [1.29, 1.82) is 0 Å². The van der Waals surface area contributed by atoms with Crippen molar-refractivity contribution in [3.63, 3.8) is 0 Å². The number of ether oxygens (including phenoxy) is 1. The summed E-state index contributed by atoms with van der Waals surface area (Å²) in [4.78, 5) is 33.7. The third kappa shape index (κ3) is 4.21. The lowest BCUT2D eigenvalue weighted by Gasteiger charge is -2.28. The minimum Gasteiger partial charge on any atom is -0.507 e. The number of amides is 1.